The Morgan fingerprint density at radius 1 is 1.11 bits per heavy atom. The number of carbonyl (C=O) groups is 1. The SMILES string of the molecule is NC1(C(=O)C2CCOC3(CCOC3)C2)CCCCC1. The van der Waals surface area contributed by atoms with Crippen molar-refractivity contribution in [2.45, 2.75) is 62.5 Å². The standard InChI is InChI=1S/C15H25NO3/c16-15(5-2-1-3-6-15)13(17)12-4-8-19-14(10-12)7-9-18-11-14/h12H,1-11,16H2. The van der Waals surface area contributed by atoms with Gasteiger partial charge >= 0.3 is 0 Å². The zero-order valence-electron chi connectivity index (χ0n) is 11.7. The van der Waals surface area contributed by atoms with E-state index in [1.165, 1.54) is 6.42 Å². The van der Waals surface area contributed by atoms with Crippen LogP contribution in [0.15, 0.2) is 0 Å². The summed E-state index contributed by atoms with van der Waals surface area (Å²) < 4.78 is 11.4. The van der Waals surface area contributed by atoms with Gasteiger partial charge < -0.3 is 15.2 Å². The Morgan fingerprint density at radius 3 is 2.58 bits per heavy atom. The maximum Gasteiger partial charge on any atom is 0.155 e. The van der Waals surface area contributed by atoms with Crippen molar-refractivity contribution in [1.29, 1.82) is 0 Å². The van der Waals surface area contributed by atoms with Crippen LogP contribution in [0.4, 0.5) is 0 Å². The number of nitrogens with two attached hydrogens (primary N) is 1. The van der Waals surface area contributed by atoms with Crippen molar-refractivity contribution in [3.8, 4) is 0 Å². The minimum Gasteiger partial charge on any atom is -0.378 e. The lowest BCUT2D eigenvalue weighted by Crippen LogP contribution is -2.54. The van der Waals surface area contributed by atoms with E-state index < -0.39 is 5.54 Å². The van der Waals surface area contributed by atoms with E-state index in [4.69, 9.17) is 15.2 Å². The Hall–Kier alpha value is -0.450. The van der Waals surface area contributed by atoms with Crippen molar-refractivity contribution < 1.29 is 14.3 Å². The summed E-state index contributed by atoms with van der Waals surface area (Å²) in [5.74, 6) is 0.375. The maximum absolute atomic E-state index is 12.8. The molecule has 1 aliphatic carbocycles. The van der Waals surface area contributed by atoms with Gasteiger partial charge in [0.1, 0.15) is 0 Å². The summed E-state index contributed by atoms with van der Waals surface area (Å²) in [6.45, 7) is 2.08. The molecule has 1 spiro atoms. The molecule has 0 amide bonds. The molecule has 0 aromatic carbocycles. The molecule has 4 heteroatoms. The van der Waals surface area contributed by atoms with E-state index in [-0.39, 0.29) is 11.5 Å². The van der Waals surface area contributed by atoms with E-state index >= 15 is 0 Å². The van der Waals surface area contributed by atoms with Gasteiger partial charge in [-0.1, -0.05) is 19.3 Å². The van der Waals surface area contributed by atoms with Crippen LogP contribution in [0.1, 0.15) is 51.4 Å². The zero-order valence-corrected chi connectivity index (χ0v) is 11.7. The molecule has 0 aromatic rings. The number of rotatable bonds is 2. The monoisotopic (exact) mass is 267 g/mol. The second-order valence-corrected chi connectivity index (χ2v) is 6.60. The van der Waals surface area contributed by atoms with Gasteiger partial charge in [0.2, 0.25) is 0 Å². The van der Waals surface area contributed by atoms with Gasteiger partial charge in [-0.15, -0.1) is 0 Å². The summed E-state index contributed by atoms with van der Waals surface area (Å²) in [6, 6.07) is 0. The summed E-state index contributed by atoms with van der Waals surface area (Å²) in [7, 11) is 0. The normalized spacial score (nSPS) is 38.5. The Morgan fingerprint density at radius 2 is 1.89 bits per heavy atom. The Kier molecular flexibility index (Phi) is 3.67. The predicted octanol–water partition coefficient (Wildman–Crippen LogP) is 1.80. The highest BCUT2D eigenvalue weighted by molar-refractivity contribution is 5.90. The average molecular weight is 267 g/mol. The number of carbonyl (C=O) groups excluding carboxylic acids is 1. The van der Waals surface area contributed by atoms with Crippen LogP contribution in [0.3, 0.4) is 0 Å². The lowest BCUT2D eigenvalue weighted by Gasteiger charge is -2.41. The fraction of sp³-hybridized carbons (Fsp3) is 0.933. The van der Waals surface area contributed by atoms with Gasteiger partial charge in [0.05, 0.1) is 17.7 Å². The van der Waals surface area contributed by atoms with E-state index in [2.05, 4.69) is 0 Å². The van der Waals surface area contributed by atoms with Crippen LogP contribution in [0.5, 0.6) is 0 Å². The summed E-state index contributed by atoms with van der Waals surface area (Å²) in [5, 5.41) is 0. The van der Waals surface area contributed by atoms with Crippen LogP contribution in [-0.4, -0.2) is 36.7 Å². The predicted molar refractivity (Wildman–Crippen MR) is 71.9 cm³/mol. The van der Waals surface area contributed by atoms with Gasteiger partial charge in [-0.25, -0.2) is 0 Å². The van der Waals surface area contributed by atoms with E-state index in [0.717, 1.165) is 51.6 Å². The number of ketones is 1. The first-order valence-corrected chi connectivity index (χ1v) is 7.69. The molecule has 0 radical (unpaired) electrons. The van der Waals surface area contributed by atoms with Gasteiger partial charge in [0.25, 0.3) is 0 Å². The van der Waals surface area contributed by atoms with Gasteiger partial charge in [-0.05, 0) is 25.7 Å². The van der Waals surface area contributed by atoms with Crippen LogP contribution in [0, 0.1) is 5.92 Å². The largest absolute Gasteiger partial charge is 0.378 e. The summed E-state index contributed by atoms with van der Waals surface area (Å²) in [4.78, 5) is 12.8. The first-order chi connectivity index (χ1) is 9.14. The van der Waals surface area contributed by atoms with Crippen LogP contribution in [0.2, 0.25) is 0 Å². The topological polar surface area (TPSA) is 61.6 Å². The molecule has 2 saturated heterocycles. The molecule has 2 N–H and O–H groups in total. The number of ether oxygens (including phenoxy) is 2. The molecule has 0 aromatic heterocycles. The maximum atomic E-state index is 12.8. The average Bonchev–Trinajstić information content (AvgIpc) is 2.87. The third-order valence-electron chi connectivity index (χ3n) is 5.17. The Bertz CT molecular complexity index is 343. The molecule has 2 atom stereocenters. The first kappa shape index (κ1) is 13.5. The molecule has 19 heavy (non-hydrogen) atoms. The van der Waals surface area contributed by atoms with Gasteiger partial charge in [-0.3, -0.25) is 4.79 Å². The van der Waals surface area contributed by atoms with Gasteiger partial charge in [0.15, 0.2) is 5.78 Å². The van der Waals surface area contributed by atoms with Crippen molar-refractivity contribution in [2.75, 3.05) is 19.8 Å². The second kappa shape index (κ2) is 5.15. The minimum absolute atomic E-state index is 0.0820. The van der Waals surface area contributed by atoms with Crippen molar-refractivity contribution in [3.05, 3.63) is 0 Å². The molecule has 2 unspecified atom stereocenters. The van der Waals surface area contributed by atoms with Crippen LogP contribution in [0.25, 0.3) is 0 Å². The summed E-state index contributed by atoms with van der Waals surface area (Å²) in [5.41, 5.74) is 5.65. The molecule has 3 fully saturated rings. The fourth-order valence-electron chi connectivity index (χ4n) is 3.95. The minimum atomic E-state index is -0.555. The van der Waals surface area contributed by atoms with Crippen LogP contribution in [-0.2, 0) is 14.3 Å². The smallest absolute Gasteiger partial charge is 0.155 e. The van der Waals surface area contributed by atoms with Crippen molar-refractivity contribution >= 4 is 5.78 Å². The van der Waals surface area contributed by atoms with Crippen molar-refractivity contribution in [1.82, 2.24) is 0 Å². The van der Waals surface area contributed by atoms with E-state index in [0.29, 0.717) is 19.0 Å². The molecule has 2 heterocycles. The van der Waals surface area contributed by atoms with Crippen LogP contribution < -0.4 is 5.73 Å². The van der Waals surface area contributed by atoms with Gasteiger partial charge in [-0.2, -0.15) is 0 Å². The molecular weight excluding hydrogens is 242 g/mol. The van der Waals surface area contributed by atoms with Crippen molar-refractivity contribution in [3.63, 3.8) is 0 Å². The quantitative estimate of drug-likeness (QED) is 0.828. The lowest BCUT2D eigenvalue weighted by molar-refractivity contribution is -0.143. The molecule has 1 saturated carbocycles. The van der Waals surface area contributed by atoms with Crippen molar-refractivity contribution in [2.24, 2.45) is 11.7 Å². The number of hydrogen-bond acceptors (Lipinski definition) is 4. The Labute approximate surface area is 115 Å². The third-order valence-corrected chi connectivity index (χ3v) is 5.17. The summed E-state index contributed by atoms with van der Waals surface area (Å²) >= 11 is 0. The van der Waals surface area contributed by atoms with Crippen LogP contribution >= 0.6 is 0 Å². The highest BCUT2D eigenvalue weighted by Crippen LogP contribution is 2.39. The fourth-order valence-corrected chi connectivity index (χ4v) is 3.95. The lowest BCUT2D eigenvalue weighted by atomic mass is 9.71. The molecule has 0 bridgehead atoms. The molecular formula is C15H25NO3. The molecule has 3 rings (SSSR count). The highest BCUT2D eigenvalue weighted by Gasteiger charge is 2.47. The molecule has 3 aliphatic rings. The van der Waals surface area contributed by atoms with E-state index in [1.807, 2.05) is 0 Å². The van der Waals surface area contributed by atoms with E-state index in [9.17, 15) is 4.79 Å². The first-order valence-electron chi connectivity index (χ1n) is 7.69. The second-order valence-electron chi connectivity index (χ2n) is 6.60. The number of Topliss-reactive ketones (excluding diaryl/α,β-unsaturated/α-hetero) is 1. The molecule has 2 aliphatic heterocycles. The Balaban J connectivity index is 1.69. The summed E-state index contributed by atoms with van der Waals surface area (Å²) in [6.07, 6.45) is 7.72. The molecule has 4 nitrogen and oxygen atoms in total. The zero-order chi connectivity index (χ0) is 13.3. The number of hydrogen-bond donors (Lipinski definition) is 1. The van der Waals surface area contributed by atoms with Gasteiger partial charge in [0, 0.05) is 25.6 Å². The van der Waals surface area contributed by atoms with E-state index in [1.54, 1.807) is 0 Å². The third kappa shape index (κ3) is 2.58. The highest BCUT2D eigenvalue weighted by atomic mass is 16.6. The molecule has 108 valence electrons.